The van der Waals surface area contributed by atoms with Crippen LogP contribution >= 0.6 is 11.3 Å². The van der Waals surface area contributed by atoms with Crippen LogP contribution in [0.15, 0.2) is 12.1 Å². The van der Waals surface area contributed by atoms with Gasteiger partial charge < -0.3 is 14.7 Å². The normalized spacial score (nSPS) is 24.6. The van der Waals surface area contributed by atoms with Gasteiger partial charge in [0.25, 0.3) is 5.91 Å². The molecule has 0 spiro atoms. The molecule has 0 saturated carbocycles. The van der Waals surface area contributed by atoms with Crippen LogP contribution in [0, 0.1) is 11.3 Å². The van der Waals surface area contributed by atoms with E-state index in [1.165, 1.54) is 28.9 Å². The van der Waals surface area contributed by atoms with Crippen LogP contribution in [-0.4, -0.2) is 52.7 Å². The number of pyridine rings is 1. The van der Waals surface area contributed by atoms with Crippen LogP contribution in [0.25, 0.3) is 10.2 Å². The molecule has 2 aromatic heterocycles. The average molecular weight is 417 g/mol. The maximum atomic E-state index is 13.1. The first-order valence-electron chi connectivity index (χ1n) is 10.2. The highest BCUT2D eigenvalue weighted by Crippen LogP contribution is 2.38. The highest BCUT2D eigenvalue weighted by Gasteiger charge is 2.40. The molecule has 1 aliphatic carbocycles. The van der Waals surface area contributed by atoms with Crippen molar-refractivity contribution in [3.05, 3.63) is 28.3 Å². The third-order valence-electron chi connectivity index (χ3n) is 6.32. The summed E-state index contributed by atoms with van der Waals surface area (Å²) in [5.41, 5.74) is 2.69. The van der Waals surface area contributed by atoms with Gasteiger partial charge in [0.2, 0.25) is 0 Å². The van der Waals surface area contributed by atoms with Crippen LogP contribution in [0.4, 0.5) is 0 Å². The standard InChI is InChI=1S/C22H28N2O4S/c1-22(2,3)14-5-6-16-12(8-14)7-13-9-18(29-19(13)23-16)20(26)24-11-15(25)10-17(24)21(27)28-4/h7,9,14-15,17,25H,5-6,8,10-11H2,1-4H3/t14?,15-,17+/m0/s1. The number of aliphatic hydroxyl groups is 1. The highest BCUT2D eigenvalue weighted by atomic mass is 32.1. The first-order valence-corrected chi connectivity index (χ1v) is 11.0. The monoisotopic (exact) mass is 416 g/mol. The third kappa shape index (κ3) is 3.78. The summed E-state index contributed by atoms with van der Waals surface area (Å²) >= 11 is 1.36. The summed E-state index contributed by atoms with van der Waals surface area (Å²) in [4.78, 5) is 32.8. The minimum Gasteiger partial charge on any atom is -0.467 e. The SMILES string of the molecule is COC(=O)[C@H]1C[C@H](O)CN1C(=O)c1cc2cc3c(nc2s1)CCC(C(C)(C)C)C3. The van der Waals surface area contributed by atoms with E-state index in [-0.39, 0.29) is 24.3 Å². The zero-order chi connectivity index (χ0) is 20.9. The van der Waals surface area contributed by atoms with Crippen LogP contribution in [0.3, 0.4) is 0 Å². The Bertz CT molecular complexity index is 962. The second-order valence-corrected chi connectivity index (χ2v) is 10.3. The Morgan fingerprint density at radius 2 is 2.07 bits per heavy atom. The van der Waals surface area contributed by atoms with Crippen molar-refractivity contribution in [3.8, 4) is 0 Å². The molecule has 156 valence electrons. The Hall–Kier alpha value is -1.99. The molecular formula is C22H28N2O4S. The minimum atomic E-state index is -0.735. The van der Waals surface area contributed by atoms with Crippen LogP contribution in [0.2, 0.25) is 0 Å². The van der Waals surface area contributed by atoms with E-state index in [1.54, 1.807) is 0 Å². The molecule has 2 aromatic rings. The molecule has 7 heteroatoms. The number of likely N-dealkylation sites (tertiary alicyclic amines) is 1. The van der Waals surface area contributed by atoms with Crippen LogP contribution in [0.1, 0.15) is 54.5 Å². The van der Waals surface area contributed by atoms with Gasteiger partial charge in [-0.05, 0) is 48.3 Å². The smallest absolute Gasteiger partial charge is 0.328 e. The fourth-order valence-corrected chi connectivity index (χ4v) is 5.50. The van der Waals surface area contributed by atoms with Crippen molar-refractivity contribution in [1.29, 1.82) is 0 Å². The maximum absolute atomic E-state index is 13.1. The Kier molecular flexibility index (Phi) is 5.15. The van der Waals surface area contributed by atoms with E-state index in [4.69, 9.17) is 9.72 Å². The highest BCUT2D eigenvalue weighted by molar-refractivity contribution is 7.20. The molecule has 0 aromatic carbocycles. The molecule has 1 fully saturated rings. The van der Waals surface area contributed by atoms with Crippen LogP contribution in [0.5, 0.6) is 0 Å². The number of thiophene rings is 1. The number of hydrogen-bond acceptors (Lipinski definition) is 6. The number of amides is 1. The third-order valence-corrected chi connectivity index (χ3v) is 7.35. The van der Waals surface area contributed by atoms with E-state index < -0.39 is 18.1 Å². The van der Waals surface area contributed by atoms with E-state index in [0.717, 1.165) is 35.2 Å². The molecule has 3 heterocycles. The van der Waals surface area contributed by atoms with E-state index in [1.807, 2.05) is 6.07 Å². The number of hydrogen-bond donors (Lipinski definition) is 1. The van der Waals surface area contributed by atoms with Gasteiger partial charge in [-0.1, -0.05) is 20.8 Å². The van der Waals surface area contributed by atoms with Gasteiger partial charge in [-0.3, -0.25) is 4.79 Å². The Balaban J connectivity index is 1.63. The number of aryl methyl sites for hydroxylation is 1. The zero-order valence-corrected chi connectivity index (χ0v) is 18.2. The van der Waals surface area contributed by atoms with Crippen molar-refractivity contribution in [2.75, 3.05) is 13.7 Å². The molecule has 6 nitrogen and oxygen atoms in total. The largest absolute Gasteiger partial charge is 0.467 e. The predicted octanol–water partition coefficient (Wildman–Crippen LogP) is 3.20. The molecule has 1 amide bonds. The Morgan fingerprint density at radius 1 is 1.31 bits per heavy atom. The lowest BCUT2D eigenvalue weighted by atomic mass is 9.71. The number of carbonyl (C=O) groups is 2. The summed E-state index contributed by atoms with van der Waals surface area (Å²) in [7, 11) is 1.30. The molecule has 1 aliphatic heterocycles. The second kappa shape index (κ2) is 7.36. The fraction of sp³-hybridized carbons (Fsp3) is 0.591. The topological polar surface area (TPSA) is 79.7 Å². The van der Waals surface area contributed by atoms with Gasteiger partial charge in [-0.25, -0.2) is 9.78 Å². The van der Waals surface area contributed by atoms with Gasteiger partial charge >= 0.3 is 5.97 Å². The minimum absolute atomic E-state index is 0.143. The van der Waals surface area contributed by atoms with Crippen molar-refractivity contribution >= 4 is 33.4 Å². The first kappa shape index (κ1) is 20.3. The summed E-state index contributed by atoms with van der Waals surface area (Å²) in [6.07, 6.45) is 2.63. The molecule has 1 N–H and O–H groups in total. The van der Waals surface area contributed by atoms with Gasteiger partial charge in [0.1, 0.15) is 10.9 Å². The summed E-state index contributed by atoms with van der Waals surface area (Å²) in [6, 6.07) is 3.32. The molecule has 29 heavy (non-hydrogen) atoms. The van der Waals surface area contributed by atoms with Crippen molar-refractivity contribution in [1.82, 2.24) is 9.88 Å². The summed E-state index contributed by atoms with van der Waals surface area (Å²) in [5.74, 6) is -0.107. The molecule has 4 rings (SSSR count). The van der Waals surface area contributed by atoms with E-state index in [0.29, 0.717) is 10.8 Å². The average Bonchev–Trinajstić information content (AvgIpc) is 3.26. The number of carbonyl (C=O) groups excluding carboxylic acids is 2. The number of methoxy groups -OCH3 is 1. The summed E-state index contributed by atoms with van der Waals surface area (Å²) in [5, 5.41) is 10.9. The molecule has 0 bridgehead atoms. The van der Waals surface area contributed by atoms with Gasteiger partial charge in [0.15, 0.2) is 0 Å². The molecule has 1 unspecified atom stereocenters. The quantitative estimate of drug-likeness (QED) is 0.761. The molecule has 3 atom stereocenters. The summed E-state index contributed by atoms with van der Waals surface area (Å²) < 4.78 is 4.81. The Labute approximate surface area is 174 Å². The lowest BCUT2D eigenvalue weighted by Gasteiger charge is -2.34. The van der Waals surface area contributed by atoms with E-state index in [9.17, 15) is 14.7 Å². The van der Waals surface area contributed by atoms with Gasteiger partial charge in [-0.2, -0.15) is 0 Å². The number of fused-ring (bicyclic) bond motifs is 2. The molecule has 2 aliphatic rings. The number of aromatic nitrogens is 1. The number of rotatable bonds is 2. The lowest BCUT2D eigenvalue weighted by Crippen LogP contribution is -2.40. The van der Waals surface area contributed by atoms with Gasteiger partial charge in [-0.15, -0.1) is 11.3 Å². The number of aliphatic hydroxyl groups excluding tert-OH is 1. The molecular weight excluding hydrogens is 388 g/mol. The van der Waals surface area contributed by atoms with Crippen molar-refractivity contribution < 1.29 is 19.4 Å². The van der Waals surface area contributed by atoms with E-state index >= 15 is 0 Å². The number of nitrogens with zero attached hydrogens (tertiary/aromatic N) is 2. The second-order valence-electron chi connectivity index (χ2n) is 9.29. The lowest BCUT2D eigenvalue weighted by molar-refractivity contribution is -0.145. The molecule has 0 radical (unpaired) electrons. The predicted molar refractivity (Wildman–Crippen MR) is 112 cm³/mol. The van der Waals surface area contributed by atoms with Crippen molar-refractivity contribution in [3.63, 3.8) is 0 Å². The van der Waals surface area contributed by atoms with Gasteiger partial charge in [0, 0.05) is 24.0 Å². The zero-order valence-electron chi connectivity index (χ0n) is 17.4. The number of ether oxygens (including phenoxy) is 1. The van der Waals surface area contributed by atoms with Gasteiger partial charge in [0.05, 0.1) is 18.1 Å². The number of esters is 1. The van der Waals surface area contributed by atoms with Crippen molar-refractivity contribution in [2.45, 2.75) is 58.6 Å². The maximum Gasteiger partial charge on any atom is 0.328 e. The Morgan fingerprint density at radius 3 is 2.76 bits per heavy atom. The fourth-order valence-electron chi connectivity index (χ4n) is 4.51. The molecule has 1 saturated heterocycles. The summed E-state index contributed by atoms with van der Waals surface area (Å²) in [6.45, 7) is 7.01. The van der Waals surface area contributed by atoms with Crippen molar-refractivity contribution in [2.24, 2.45) is 11.3 Å². The number of β-amino-alcohol motifs (C(OH)–C–C–N with tert-alkyl or cyclic N) is 1. The first-order chi connectivity index (χ1) is 13.7. The van der Waals surface area contributed by atoms with Crippen LogP contribution < -0.4 is 0 Å². The van der Waals surface area contributed by atoms with E-state index in [2.05, 4.69) is 26.8 Å². The van der Waals surface area contributed by atoms with Crippen LogP contribution in [-0.2, 0) is 22.4 Å².